The first-order valence-corrected chi connectivity index (χ1v) is 7.65. The van der Waals surface area contributed by atoms with Crippen molar-refractivity contribution in [1.29, 1.82) is 0 Å². The molecule has 1 aromatic carbocycles. The van der Waals surface area contributed by atoms with Gasteiger partial charge in [0.1, 0.15) is 11.4 Å². The predicted octanol–water partition coefficient (Wildman–Crippen LogP) is 3.42. The molecule has 1 atom stereocenters. The monoisotopic (exact) mass is 309 g/mol. The molecule has 2 N–H and O–H groups in total. The van der Waals surface area contributed by atoms with Crippen LogP contribution in [0.4, 0.5) is 4.79 Å². The first-order valence-electron chi connectivity index (χ1n) is 7.65. The maximum absolute atomic E-state index is 11.7. The molecule has 0 aliphatic carbocycles. The van der Waals surface area contributed by atoms with Crippen LogP contribution in [0.2, 0.25) is 0 Å². The number of carbonyl (C=O) groups excluding carboxylic acids is 1. The molecular formula is C17H27NO4. The van der Waals surface area contributed by atoms with Gasteiger partial charge in [-0.05, 0) is 58.2 Å². The maximum atomic E-state index is 11.7. The average Bonchev–Trinajstić information content (AvgIpc) is 2.42. The Morgan fingerprint density at radius 1 is 1.23 bits per heavy atom. The minimum absolute atomic E-state index is 0.140. The smallest absolute Gasteiger partial charge is 0.408 e. The van der Waals surface area contributed by atoms with Gasteiger partial charge in [-0.15, -0.1) is 0 Å². The fraction of sp³-hybridized carbons (Fsp3) is 0.588. The van der Waals surface area contributed by atoms with Crippen LogP contribution in [0, 0.1) is 0 Å². The van der Waals surface area contributed by atoms with Crippen molar-refractivity contribution in [1.82, 2.24) is 5.32 Å². The van der Waals surface area contributed by atoms with Crippen molar-refractivity contribution in [2.24, 2.45) is 0 Å². The van der Waals surface area contributed by atoms with Crippen molar-refractivity contribution < 1.29 is 19.4 Å². The fourth-order valence-corrected chi connectivity index (χ4v) is 1.82. The Hall–Kier alpha value is -1.75. The molecule has 0 spiro atoms. The van der Waals surface area contributed by atoms with Crippen molar-refractivity contribution in [2.75, 3.05) is 13.2 Å². The summed E-state index contributed by atoms with van der Waals surface area (Å²) < 4.78 is 10.8. The summed E-state index contributed by atoms with van der Waals surface area (Å²) in [6.07, 6.45) is 1.15. The molecule has 0 radical (unpaired) electrons. The number of benzene rings is 1. The highest BCUT2D eigenvalue weighted by Gasteiger charge is 2.18. The number of hydrogen-bond donors (Lipinski definition) is 2. The Kier molecular flexibility index (Phi) is 7.18. The second kappa shape index (κ2) is 8.63. The number of unbranched alkanes of at least 4 members (excludes halogenated alkanes) is 1. The summed E-state index contributed by atoms with van der Waals surface area (Å²) in [6.45, 7) is 8.18. The van der Waals surface area contributed by atoms with Crippen LogP contribution in [0.5, 0.6) is 5.75 Å². The average molecular weight is 309 g/mol. The van der Waals surface area contributed by atoms with E-state index < -0.39 is 11.7 Å². The molecule has 22 heavy (non-hydrogen) atoms. The van der Waals surface area contributed by atoms with Crippen molar-refractivity contribution in [2.45, 2.75) is 52.2 Å². The number of alkyl carbamates (subject to hydrolysis) is 1. The maximum Gasteiger partial charge on any atom is 0.408 e. The molecule has 0 unspecified atom stereocenters. The largest absolute Gasteiger partial charge is 0.494 e. The summed E-state index contributed by atoms with van der Waals surface area (Å²) in [7, 11) is 0. The lowest BCUT2D eigenvalue weighted by molar-refractivity contribution is 0.0508. The van der Waals surface area contributed by atoms with E-state index in [1.165, 1.54) is 0 Å². The van der Waals surface area contributed by atoms with Crippen LogP contribution in [-0.4, -0.2) is 30.0 Å². The number of aliphatic hydroxyl groups excluding tert-OH is 1. The highest BCUT2D eigenvalue weighted by molar-refractivity contribution is 5.68. The summed E-state index contributed by atoms with van der Waals surface area (Å²) >= 11 is 0. The topological polar surface area (TPSA) is 67.8 Å². The molecule has 0 aliphatic heterocycles. The molecule has 0 bridgehead atoms. The number of aliphatic hydroxyl groups is 1. The molecule has 0 heterocycles. The van der Waals surface area contributed by atoms with Gasteiger partial charge in [0.2, 0.25) is 0 Å². The molecule has 0 saturated carbocycles. The van der Waals surface area contributed by atoms with Gasteiger partial charge in [-0.3, -0.25) is 0 Å². The van der Waals surface area contributed by atoms with E-state index in [9.17, 15) is 4.79 Å². The van der Waals surface area contributed by atoms with E-state index in [0.29, 0.717) is 6.61 Å². The number of amides is 1. The van der Waals surface area contributed by atoms with E-state index in [1.807, 2.05) is 52.0 Å². The van der Waals surface area contributed by atoms with E-state index in [2.05, 4.69) is 5.32 Å². The molecular weight excluding hydrogens is 282 g/mol. The van der Waals surface area contributed by atoms with Gasteiger partial charge in [-0.1, -0.05) is 12.1 Å². The van der Waals surface area contributed by atoms with Crippen LogP contribution in [0.3, 0.4) is 0 Å². The van der Waals surface area contributed by atoms with Crippen molar-refractivity contribution >= 4 is 6.09 Å². The summed E-state index contributed by atoms with van der Waals surface area (Å²) in [5.41, 5.74) is 0.476. The predicted molar refractivity (Wildman–Crippen MR) is 86.0 cm³/mol. The van der Waals surface area contributed by atoms with Gasteiger partial charge in [-0.2, -0.15) is 0 Å². The molecule has 0 aromatic heterocycles. The first kappa shape index (κ1) is 18.3. The lowest BCUT2D eigenvalue weighted by atomic mass is 10.1. The highest BCUT2D eigenvalue weighted by atomic mass is 16.6. The minimum atomic E-state index is -0.504. The number of hydrogen-bond acceptors (Lipinski definition) is 4. The van der Waals surface area contributed by atoms with Gasteiger partial charge in [0.05, 0.1) is 12.6 Å². The van der Waals surface area contributed by atoms with Crippen LogP contribution >= 0.6 is 0 Å². The van der Waals surface area contributed by atoms with Crippen LogP contribution < -0.4 is 10.1 Å². The minimum Gasteiger partial charge on any atom is -0.494 e. The molecule has 5 heteroatoms. The van der Waals surface area contributed by atoms with Gasteiger partial charge in [0.15, 0.2) is 0 Å². The molecule has 1 amide bonds. The molecule has 124 valence electrons. The normalized spacial score (nSPS) is 12.6. The highest BCUT2D eigenvalue weighted by Crippen LogP contribution is 2.18. The third kappa shape index (κ3) is 7.31. The summed E-state index contributed by atoms with van der Waals surface area (Å²) in [5.74, 6) is 0.783. The van der Waals surface area contributed by atoms with E-state index >= 15 is 0 Å². The van der Waals surface area contributed by atoms with E-state index in [4.69, 9.17) is 14.6 Å². The van der Waals surface area contributed by atoms with Gasteiger partial charge < -0.3 is 19.9 Å². The molecule has 0 aliphatic rings. The quantitative estimate of drug-likeness (QED) is 0.757. The standard InChI is InChI=1S/C17H27NO4/c1-13(18-16(20)22-17(2,3)4)14-7-9-15(10-8-14)21-12-6-5-11-19/h7-10,13,19H,5-6,11-12H2,1-4H3,(H,18,20)/t13-/m1/s1. The van der Waals surface area contributed by atoms with Crippen molar-refractivity contribution in [3.8, 4) is 5.75 Å². The Labute approximate surface area is 132 Å². The molecule has 0 saturated heterocycles. The lowest BCUT2D eigenvalue weighted by Crippen LogP contribution is -2.34. The van der Waals surface area contributed by atoms with Crippen LogP contribution in [0.25, 0.3) is 0 Å². The molecule has 0 fully saturated rings. The van der Waals surface area contributed by atoms with Crippen LogP contribution in [-0.2, 0) is 4.74 Å². The summed E-state index contributed by atoms with van der Waals surface area (Å²) in [4.78, 5) is 11.7. The second-order valence-electron chi connectivity index (χ2n) is 6.22. The number of ether oxygens (including phenoxy) is 2. The third-order valence-electron chi connectivity index (χ3n) is 2.93. The Morgan fingerprint density at radius 3 is 2.41 bits per heavy atom. The summed E-state index contributed by atoms with van der Waals surface area (Å²) in [5, 5.41) is 11.5. The zero-order valence-electron chi connectivity index (χ0n) is 13.9. The first-order chi connectivity index (χ1) is 10.3. The van der Waals surface area contributed by atoms with Gasteiger partial charge in [-0.25, -0.2) is 4.79 Å². The van der Waals surface area contributed by atoms with Gasteiger partial charge >= 0.3 is 6.09 Å². The molecule has 1 rings (SSSR count). The van der Waals surface area contributed by atoms with Crippen LogP contribution in [0.15, 0.2) is 24.3 Å². The van der Waals surface area contributed by atoms with Crippen LogP contribution in [0.1, 0.15) is 52.1 Å². The zero-order valence-corrected chi connectivity index (χ0v) is 13.9. The number of carbonyl (C=O) groups is 1. The van der Waals surface area contributed by atoms with Crippen molar-refractivity contribution in [3.05, 3.63) is 29.8 Å². The van der Waals surface area contributed by atoms with E-state index in [-0.39, 0.29) is 12.6 Å². The Morgan fingerprint density at radius 2 is 1.86 bits per heavy atom. The molecule has 5 nitrogen and oxygen atoms in total. The third-order valence-corrected chi connectivity index (χ3v) is 2.93. The van der Waals surface area contributed by atoms with E-state index in [1.54, 1.807) is 0 Å². The number of nitrogens with one attached hydrogen (secondary N) is 1. The second-order valence-corrected chi connectivity index (χ2v) is 6.22. The number of rotatable bonds is 7. The fourth-order valence-electron chi connectivity index (χ4n) is 1.82. The van der Waals surface area contributed by atoms with E-state index in [0.717, 1.165) is 24.2 Å². The SMILES string of the molecule is C[C@@H](NC(=O)OC(C)(C)C)c1ccc(OCCCCO)cc1. The summed E-state index contributed by atoms with van der Waals surface area (Å²) in [6, 6.07) is 7.45. The lowest BCUT2D eigenvalue weighted by Gasteiger charge is -2.22. The Balaban J connectivity index is 2.46. The van der Waals surface area contributed by atoms with Gasteiger partial charge in [0, 0.05) is 6.61 Å². The van der Waals surface area contributed by atoms with Gasteiger partial charge in [0.25, 0.3) is 0 Å². The zero-order chi connectivity index (χ0) is 16.6. The molecule has 1 aromatic rings. The van der Waals surface area contributed by atoms with Crippen molar-refractivity contribution in [3.63, 3.8) is 0 Å². The Bertz CT molecular complexity index is 451.